The summed E-state index contributed by atoms with van der Waals surface area (Å²) < 4.78 is 12.3. The normalized spacial score (nSPS) is 13.1. The van der Waals surface area contributed by atoms with Crippen molar-refractivity contribution in [1.82, 2.24) is 0 Å². The van der Waals surface area contributed by atoms with Gasteiger partial charge in [0.05, 0.1) is 5.38 Å². The SMILES string of the molecule is C[C@H](Cl)c1ccc(F)cc1. The van der Waals surface area contributed by atoms with Gasteiger partial charge in [-0.05, 0) is 24.6 Å². The number of hydrogen-bond donors (Lipinski definition) is 0. The van der Waals surface area contributed by atoms with Crippen molar-refractivity contribution in [2.24, 2.45) is 0 Å². The van der Waals surface area contributed by atoms with Crippen LogP contribution in [0, 0.1) is 5.82 Å². The maximum atomic E-state index is 12.3. The largest absolute Gasteiger partial charge is 0.207 e. The van der Waals surface area contributed by atoms with Gasteiger partial charge in [0.1, 0.15) is 5.82 Å². The third-order valence-corrected chi connectivity index (χ3v) is 1.58. The molecule has 0 amide bonds. The van der Waals surface area contributed by atoms with Crippen LogP contribution in [0.25, 0.3) is 0 Å². The molecule has 0 aliphatic carbocycles. The zero-order valence-corrected chi connectivity index (χ0v) is 6.40. The molecular formula is C8H8ClF. The lowest BCUT2D eigenvalue weighted by Gasteiger charge is -2.00. The first-order valence-electron chi connectivity index (χ1n) is 3.09. The Kier molecular flexibility index (Phi) is 2.28. The van der Waals surface area contributed by atoms with E-state index >= 15 is 0 Å². The first kappa shape index (κ1) is 7.55. The quantitative estimate of drug-likeness (QED) is 0.551. The highest BCUT2D eigenvalue weighted by atomic mass is 35.5. The summed E-state index contributed by atoms with van der Waals surface area (Å²) >= 11 is 5.73. The summed E-state index contributed by atoms with van der Waals surface area (Å²) in [5.41, 5.74) is 0.947. The number of alkyl halides is 1. The molecule has 0 heterocycles. The molecule has 0 fully saturated rings. The van der Waals surface area contributed by atoms with Crippen molar-refractivity contribution in [3.63, 3.8) is 0 Å². The summed E-state index contributed by atoms with van der Waals surface area (Å²) in [6.07, 6.45) is 0. The van der Waals surface area contributed by atoms with E-state index in [2.05, 4.69) is 0 Å². The van der Waals surface area contributed by atoms with Gasteiger partial charge >= 0.3 is 0 Å². The van der Waals surface area contributed by atoms with E-state index in [1.165, 1.54) is 12.1 Å². The van der Waals surface area contributed by atoms with E-state index in [0.717, 1.165) is 5.56 Å². The van der Waals surface area contributed by atoms with E-state index < -0.39 is 0 Å². The number of benzene rings is 1. The van der Waals surface area contributed by atoms with Crippen LogP contribution in [0.5, 0.6) is 0 Å². The summed E-state index contributed by atoms with van der Waals surface area (Å²) in [6, 6.07) is 6.20. The average molecular weight is 159 g/mol. The first-order chi connectivity index (χ1) is 4.70. The summed E-state index contributed by atoms with van der Waals surface area (Å²) in [6.45, 7) is 1.86. The topological polar surface area (TPSA) is 0 Å². The number of rotatable bonds is 1. The Labute approximate surface area is 64.6 Å². The fourth-order valence-electron chi connectivity index (χ4n) is 0.728. The van der Waals surface area contributed by atoms with Gasteiger partial charge in [-0.25, -0.2) is 4.39 Å². The molecule has 0 aliphatic heterocycles. The fourth-order valence-corrected chi connectivity index (χ4v) is 0.873. The molecule has 0 radical (unpaired) electrons. The molecule has 54 valence electrons. The second-order valence-electron chi connectivity index (χ2n) is 2.17. The maximum absolute atomic E-state index is 12.3. The molecule has 0 unspecified atom stereocenters. The highest BCUT2D eigenvalue weighted by molar-refractivity contribution is 6.20. The van der Waals surface area contributed by atoms with E-state index in [1.54, 1.807) is 12.1 Å². The molecule has 0 N–H and O–H groups in total. The lowest BCUT2D eigenvalue weighted by Crippen LogP contribution is -1.83. The lowest BCUT2D eigenvalue weighted by molar-refractivity contribution is 0.627. The van der Waals surface area contributed by atoms with E-state index in [9.17, 15) is 4.39 Å². The molecule has 1 aromatic rings. The van der Waals surface area contributed by atoms with Gasteiger partial charge in [0.2, 0.25) is 0 Å². The molecule has 0 aromatic heterocycles. The molecule has 1 rings (SSSR count). The summed E-state index contributed by atoms with van der Waals surface area (Å²) in [5.74, 6) is -0.221. The third kappa shape index (κ3) is 1.71. The van der Waals surface area contributed by atoms with Gasteiger partial charge in [0.15, 0.2) is 0 Å². The summed E-state index contributed by atoms with van der Waals surface area (Å²) in [4.78, 5) is 0. The van der Waals surface area contributed by atoms with Crippen molar-refractivity contribution in [2.45, 2.75) is 12.3 Å². The minimum atomic E-state index is -0.221. The zero-order valence-electron chi connectivity index (χ0n) is 5.64. The molecule has 1 atom stereocenters. The molecular weight excluding hydrogens is 151 g/mol. The molecule has 2 heteroatoms. The van der Waals surface area contributed by atoms with E-state index in [-0.39, 0.29) is 11.2 Å². The molecule has 0 saturated carbocycles. The van der Waals surface area contributed by atoms with Gasteiger partial charge < -0.3 is 0 Å². The predicted octanol–water partition coefficient (Wildman–Crippen LogP) is 3.13. The first-order valence-corrected chi connectivity index (χ1v) is 3.53. The van der Waals surface area contributed by atoms with Crippen molar-refractivity contribution in [3.05, 3.63) is 35.6 Å². The van der Waals surface area contributed by atoms with Crippen LogP contribution >= 0.6 is 11.6 Å². The van der Waals surface area contributed by atoms with Crippen molar-refractivity contribution in [2.75, 3.05) is 0 Å². The fraction of sp³-hybridized carbons (Fsp3) is 0.250. The Morgan fingerprint density at radius 2 is 1.80 bits per heavy atom. The molecule has 0 spiro atoms. The summed E-state index contributed by atoms with van der Waals surface area (Å²) in [7, 11) is 0. The van der Waals surface area contributed by atoms with E-state index in [4.69, 9.17) is 11.6 Å². The van der Waals surface area contributed by atoms with Crippen LogP contribution < -0.4 is 0 Å². The third-order valence-electron chi connectivity index (χ3n) is 1.33. The molecule has 0 saturated heterocycles. The Bertz CT molecular complexity index is 203. The molecule has 1 aromatic carbocycles. The molecule has 0 nitrogen and oxygen atoms in total. The van der Waals surface area contributed by atoms with Crippen LogP contribution in [0.2, 0.25) is 0 Å². The molecule has 0 aliphatic rings. The molecule has 10 heavy (non-hydrogen) atoms. The van der Waals surface area contributed by atoms with Crippen LogP contribution in [0.3, 0.4) is 0 Å². The zero-order chi connectivity index (χ0) is 7.56. The average Bonchev–Trinajstić information content (AvgIpc) is 1.88. The van der Waals surface area contributed by atoms with Gasteiger partial charge in [-0.15, -0.1) is 11.6 Å². The van der Waals surface area contributed by atoms with Crippen molar-refractivity contribution < 1.29 is 4.39 Å². The Morgan fingerprint density at radius 3 is 2.20 bits per heavy atom. The molecule has 0 bridgehead atoms. The Hall–Kier alpha value is -0.560. The lowest BCUT2D eigenvalue weighted by atomic mass is 10.2. The standard InChI is InChI=1S/C8H8ClF/c1-6(9)7-2-4-8(10)5-3-7/h2-6H,1H3/t6-/m0/s1. The van der Waals surface area contributed by atoms with Crippen LogP contribution in [0.4, 0.5) is 4.39 Å². The van der Waals surface area contributed by atoms with Gasteiger partial charge in [-0.2, -0.15) is 0 Å². The minimum Gasteiger partial charge on any atom is -0.207 e. The number of halogens is 2. The Balaban J connectivity index is 2.89. The highest BCUT2D eigenvalue weighted by Crippen LogP contribution is 2.18. The van der Waals surface area contributed by atoms with Gasteiger partial charge in [-0.3, -0.25) is 0 Å². The van der Waals surface area contributed by atoms with Crippen molar-refractivity contribution in [1.29, 1.82) is 0 Å². The van der Waals surface area contributed by atoms with Crippen LogP contribution in [0.15, 0.2) is 24.3 Å². The minimum absolute atomic E-state index is 0.0411. The van der Waals surface area contributed by atoms with Crippen LogP contribution in [-0.4, -0.2) is 0 Å². The van der Waals surface area contributed by atoms with E-state index in [0.29, 0.717) is 0 Å². The monoisotopic (exact) mass is 158 g/mol. The second-order valence-corrected chi connectivity index (χ2v) is 2.82. The maximum Gasteiger partial charge on any atom is 0.123 e. The van der Waals surface area contributed by atoms with E-state index in [1.807, 2.05) is 6.92 Å². The van der Waals surface area contributed by atoms with Crippen molar-refractivity contribution >= 4 is 11.6 Å². The van der Waals surface area contributed by atoms with Crippen LogP contribution in [-0.2, 0) is 0 Å². The smallest absolute Gasteiger partial charge is 0.123 e. The van der Waals surface area contributed by atoms with Gasteiger partial charge in [0.25, 0.3) is 0 Å². The van der Waals surface area contributed by atoms with Gasteiger partial charge in [0, 0.05) is 0 Å². The Morgan fingerprint density at radius 1 is 1.30 bits per heavy atom. The van der Waals surface area contributed by atoms with Gasteiger partial charge in [-0.1, -0.05) is 12.1 Å². The number of hydrogen-bond acceptors (Lipinski definition) is 0. The highest BCUT2D eigenvalue weighted by Gasteiger charge is 1.98. The van der Waals surface area contributed by atoms with Crippen LogP contribution in [0.1, 0.15) is 17.9 Å². The predicted molar refractivity (Wildman–Crippen MR) is 40.7 cm³/mol. The second kappa shape index (κ2) is 3.02. The summed E-state index contributed by atoms with van der Waals surface area (Å²) in [5, 5.41) is -0.0411. The van der Waals surface area contributed by atoms with Crippen molar-refractivity contribution in [3.8, 4) is 0 Å².